The van der Waals surface area contributed by atoms with Gasteiger partial charge in [0.2, 0.25) is 5.91 Å². The first-order chi connectivity index (χ1) is 13.5. The minimum atomic E-state index is -0.406. The van der Waals surface area contributed by atoms with Crippen molar-refractivity contribution in [1.82, 2.24) is 14.8 Å². The van der Waals surface area contributed by atoms with Crippen molar-refractivity contribution in [3.63, 3.8) is 0 Å². The quantitative estimate of drug-likeness (QED) is 0.613. The summed E-state index contributed by atoms with van der Waals surface area (Å²) in [6, 6.07) is 15.9. The van der Waals surface area contributed by atoms with Crippen LogP contribution in [0.5, 0.6) is 0 Å². The van der Waals surface area contributed by atoms with Gasteiger partial charge in [0.1, 0.15) is 11.1 Å². The Morgan fingerprint density at radius 2 is 1.89 bits per heavy atom. The van der Waals surface area contributed by atoms with E-state index in [1.54, 1.807) is 0 Å². The molecule has 1 aliphatic carbocycles. The van der Waals surface area contributed by atoms with E-state index in [2.05, 4.69) is 15.5 Å². The number of carbonyl (C=O) groups is 1. The van der Waals surface area contributed by atoms with E-state index >= 15 is 0 Å². The van der Waals surface area contributed by atoms with E-state index in [9.17, 15) is 4.79 Å². The number of benzene rings is 2. The minimum Gasteiger partial charge on any atom is -0.325 e. The smallest absolute Gasteiger partial charge is 0.242 e. The second kappa shape index (κ2) is 7.80. The van der Waals surface area contributed by atoms with Gasteiger partial charge in [-0.1, -0.05) is 54.2 Å². The van der Waals surface area contributed by atoms with Crippen LogP contribution in [0.25, 0.3) is 0 Å². The fourth-order valence-corrected chi connectivity index (χ4v) is 4.21. The third-order valence-corrected chi connectivity index (χ3v) is 6.31. The number of hydrogen-bond donors (Lipinski definition) is 1. The Balaban J connectivity index is 1.62. The van der Waals surface area contributed by atoms with Gasteiger partial charge < -0.3 is 9.88 Å². The van der Waals surface area contributed by atoms with Crippen LogP contribution in [-0.2, 0) is 11.8 Å². The SMILES string of the molecule is Cc1ccc(C)c(NC(=O)[C@@H](Sc2nnc(C3CC3)n2C)c2ccccc2)c1. The summed E-state index contributed by atoms with van der Waals surface area (Å²) >= 11 is 1.45. The van der Waals surface area contributed by atoms with Crippen molar-refractivity contribution in [2.75, 3.05) is 5.32 Å². The molecule has 0 spiro atoms. The fraction of sp³-hybridized carbons (Fsp3) is 0.318. The number of carbonyl (C=O) groups excluding carboxylic acids is 1. The first-order valence-corrected chi connectivity index (χ1v) is 10.4. The molecule has 1 N–H and O–H groups in total. The van der Waals surface area contributed by atoms with E-state index in [1.165, 1.54) is 24.6 Å². The Kier molecular flexibility index (Phi) is 5.22. The molecule has 0 bridgehead atoms. The lowest BCUT2D eigenvalue weighted by molar-refractivity contribution is -0.115. The minimum absolute atomic E-state index is 0.0547. The number of aryl methyl sites for hydroxylation is 2. The zero-order valence-corrected chi connectivity index (χ0v) is 17.2. The van der Waals surface area contributed by atoms with Crippen LogP contribution in [0.3, 0.4) is 0 Å². The monoisotopic (exact) mass is 392 g/mol. The highest BCUT2D eigenvalue weighted by atomic mass is 32.2. The van der Waals surface area contributed by atoms with E-state index in [-0.39, 0.29) is 5.91 Å². The van der Waals surface area contributed by atoms with Crippen LogP contribution in [0.2, 0.25) is 0 Å². The molecular weight excluding hydrogens is 368 g/mol. The van der Waals surface area contributed by atoms with Crippen LogP contribution >= 0.6 is 11.8 Å². The molecule has 1 saturated carbocycles. The number of thioether (sulfide) groups is 1. The number of anilines is 1. The Hall–Kier alpha value is -2.60. The zero-order chi connectivity index (χ0) is 19.7. The second-order valence-corrected chi connectivity index (χ2v) is 8.46. The lowest BCUT2D eigenvalue weighted by Crippen LogP contribution is -2.20. The predicted octanol–water partition coefficient (Wildman–Crippen LogP) is 4.78. The summed E-state index contributed by atoms with van der Waals surface area (Å²) in [6.07, 6.45) is 2.34. The molecule has 1 aromatic heterocycles. The number of aromatic nitrogens is 3. The third-order valence-electron chi connectivity index (χ3n) is 5.03. The fourth-order valence-electron chi connectivity index (χ4n) is 3.20. The number of nitrogens with one attached hydrogen (secondary N) is 1. The second-order valence-electron chi connectivity index (χ2n) is 7.39. The lowest BCUT2D eigenvalue weighted by Gasteiger charge is -2.18. The molecule has 0 radical (unpaired) electrons. The standard InChI is InChI=1S/C22H24N4OS/c1-14-9-10-15(2)18(13-14)23-21(27)19(16-7-5-4-6-8-16)28-22-25-24-20(26(22)3)17-11-12-17/h4-10,13,17,19H,11-12H2,1-3H3,(H,23,27)/t19-/m0/s1. The molecule has 1 fully saturated rings. The van der Waals surface area contributed by atoms with Crippen LogP contribution in [0.1, 0.15) is 46.5 Å². The highest BCUT2D eigenvalue weighted by Crippen LogP contribution is 2.41. The predicted molar refractivity (Wildman–Crippen MR) is 113 cm³/mol. The molecule has 0 saturated heterocycles. The number of hydrogen-bond acceptors (Lipinski definition) is 4. The summed E-state index contributed by atoms with van der Waals surface area (Å²) in [6.45, 7) is 4.03. The van der Waals surface area contributed by atoms with Crippen molar-refractivity contribution in [3.05, 3.63) is 71.0 Å². The van der Waals surface area contributed by atoms with Crippen LogP contribution < -0.4 is 5.32 Å². The van der Waals surface area contributed by atoms with Crippen molar-refractivity contribution in [3.8, 4) is 0 Å². The molecule has 1 aliphatic rings. The molecule has 5 nitrogen and oxygen atoms in total. The molecule has 1 heterocycles. The normalized spacial score (nSPS) is 14.7. The number of rotatable bonds is 6. The highest BCUT2D eigenvalue weighted by molar-refractivity contribution is 8.00. The Morgan fingerprint density at radius 3 is 2.61 bits per heavy atom. The molecule has 3 aromatic rings. The average Bonchev–Trinajstić information content (AvgIpc) is 3.47. The highest BCUT2D eigenvalue weighted by Gasteiger charge is 2.31. The van der Waals surface area contributed by atoms with Gasteiger partial charge in [0.15, 0.2) is 5.16 Å². The van der Waals surface area contributed by atoms with E-state index in [1.807, 2.05) is 74.0 Å². The average molecular weight is 393 g/mol. The summed E-state index contributed by atoms with van der Waals surface area (Å²) < 4.78 is 2.03. The van der Waals surface area contributed by atoms with Gasteiger partial charge in [0.25, 0.3) is 0 Å². The van der Waals surface area contributed by atoms with E-state index < -0.39 is 5.25 Å². The van der Waals surface area contributed by atoms with Crippen LogP contribution in [0.4, 0.5) is 5.69 Å². The Morgan fingerprint density at radius 1 is 1.14 bits per heavy atom. The molecule has 6 heteroatoms. The maximum atomic E-state index is 13.3. The number of amides is 1. The van der Waals surface area contributed by atoms with Gasteiger partial charge in [0.05, 0.1) is 0 Å². The molecule has 0 unspecified atom stereocenters. The van der Waals surface area contributed by atoms with Crippen LogP contribution in [0.15, 0.2) is 53.7 Å². The summed E-state index contributed by atoms with van der Waals surface area (Å²) in [7, 11) is 1.99. The van der Waals surface area contributed by atoms with Gasteiger partial charge in [-0.3, -0.25) is 4.79 Å². The largest absolute Gasteiger partial charge is 0.325 e. The first kappa shape index (κ1) is 18.7. The Labute approximate surface area is 169 Å². The van der Waals surface area contributed by atoms with Gasteiger partial charge in [0, 0.05) is 18.7 Å². The molecule has 2 aromatic carbocycles. The lowest BCUT2D eigenvalue weighted by atomic mass is 10.1. The summed E-state index contributed by atoms with van der Waals surface area (Å²) in [5.41, 5.74) is 3.96. The van der Waals surface area contributed by atoms with Crippen LogP contribution in [0, 0.1) is 13.8 Å². The van der Waals surface area contributed by atoms with E-state index in [0.717, 1.165) is 33.4 Å². The first-order valence-electron chi connectivity index (χ1n) is 9.52. The number of nitrogens with zero attached hydrogens (tertiary/aromatic N) is 3. The molecule has 1 amide bonds. The summed E-state index contributed by atoms with van der Waals surface area (Å²) in [5.74, 6) is 1.48. The van der Waals surface area contributed by atoms with Gasteiger partial charge in [-0.15, -0.1) is 10.2 Å². The molecule has 0 aliphatic heterocycles. The van der Waals surface area contributed by atoms with Gasteiger partial charge in [-0.05, 0) is 49.4 Å². The van der Waals surface area contributed by atoms with Gasteiger partial charge in [-0.2, -0.15) is 0 Å². The van der Waals surface area contributed by atoms with Gasteiger partial charge in [-0.25, -0.2) is 0 Å². The zero-order valence-electron chi connectivity index (χ0n) is 16.3. The van der Waals surface area contributed by atoms with Crippen molar-refractivity contribution >= 4 is 23.4 Å². The molecule has 28 heavy (non-hydrogen) atoms. The summed E-state index contributed by atoms with van der Waals surface area (Å²) in [4.78, 5) is 13.3. The molecule has 4 rings (SSSR count). The van der Waals surface area contributed by atoms with E-state index in [0.29, 0.717) is 5.92 Å². The topological polar surface area (TPSA) is 59.8 Å². The Bertz CT molecular complexity index is 995. The molecule has 144 valence electrons. The maximum absolute atomic E-state index is 13.3. The van der Waals surface area contributed by atoms with Crippen molar-refractivity contribution in [2.45, 2.75) is 43.0 Å². The van der Waals surface area contributed by atoms with Crippen molar-refractivity contribution < 1.29 is 4.79 Å². The van der Waals surface area contributed by atoms with Crippen LogP contribution in [-0.4, -0.2) is 20.7 Å². The van der Waals surface area contributed by atoms with E-state index in [4.69, 9.17) is 0 Å². The molecule has 1 atom stereocenters. The van der Waals surface area contributed by atoms with Crippen molar-refractivity contribution in [1.29, 1.82) is 0 Å². The third kappa shape index (κ3) is 3.97. The maximum Gasteiger partial charge on any atom is 0.242 e. The summed E-state index contributed by atoms with van der Waals surface area (Å²) in [5, 5.41) is 12.2. The molecular formula is C22H24N4OS. The van der Waals surface area contributed by atoms with Gasteiger partial charge >= 0.3 is 0 Å². The van der Waals surface area contributed by atoms with Crippen molar-refractivity contribution in [2.24, 2.45) is 7.05 Å².